The number of halogens is 4. The van der Waals surface area contributed by atoms with Gasteiger partial charge in [0.2, 0.25) is 0 Å². The largest absolute Gasteiger partial charge is 0.369 e. The normalized spacial score (nSPS) is 14.2. The predicted octanol–water partition coefficient (Wildman–Crippen LogP) is 7.04. The van der Waals surface area contributed by atoms with Gasteiger partial charge in [-0.15, -0.1) is 10.2 Å². The first kappa shape index (κ1) is 28.0. The van der Waals surface area contributed by atoms with E-state index in [1.165, 1.54) is 0 Å². The number of ether oxygens (including phenoxy) is 2. The van der Waals surface area contributed by atoms with Crippen LogP contribution in [0.25, 0.3) is 5.69 Å². The number of carbonyl (C=O) groups excluding carboxylic acids is 1. The third kappa shape index (κ3) is 5.86. The van der Waals surface area contributed by atoms with E-state index in [2.05, 4.69) is 42.1 Å². The van der Waals surface area contributed by atoms with Gasteiger partial charge in [0.05, 0.1) is 28.9 Å². The molecule has 0 aliphatic carbocycles. The Morgan fingerprint density at radius 3 is 2.21 bits per heavy atom. The van der Waals surface area contributed by atoms with Gasteiger partial charge >= 0.3 is 0 Å². The van der Waals surface area contributed by atoms with Crippen LogP contribution >= 0.6 is 55.1 Å². The standard InChI is InChI=1S/C11H9BrClN3O.C10H8BrClO2.2CH4/c1-6-14-15-10-5-17-4-7-9(16(6)10)3-2-8(13)11(7)12;11-10-8-5-14-4-7(13)3-6(8)1-2-9(10)12;;/h2-3H,4-5H2,1H3;1-2H,3-5H2;2*1H4. The van der Waals surface area contributed by atoms with Gasteiger partial charge in [-0.3, -0.25) is 9.36 Å². The lowest BCUT2D eigenvalue weighted by Crippen LogP contribution is -2.06. The number of Topliss-reactive ketones (excluding diaryl/α,β-unsaturated/α-hetero) is 1. The lowest BCUT2D eigenvalue weighted by molar-refractivity contribution is -0.122. The first-order chi connectivity index (χ1) is 14.9. The van der Waals surface area contributed by atoms with Crippen LogP contribution in [0.15, 0.2) is 33.2 Å². The number of benzene rings is 2. The average molecular weight is 622 g/mol. The number of hydrogen-bond donors (Lipinski definition) is 0. The first-order valence-electron chi connectivity index (χ1n) is 9.38. The van der Waals surface area contributed by atoms with Crippen molar-refractivity contribution in [3.63, 3.8) is 0 Å². The van der Waals surface area contributed by atoms with Crippen LogP contribution in [0.5, 0.6) is 0 Å². The molecule has 0 bridgehead atoms. The molecular formula is C23H25Br2Cl2N3O3. The lowest BCUT2D eigenvalue weighted by Gasteiger charge is -2.11. The van der Waals surface area contributed by atoms with Gasteiger partial charge in [0, 0.05) is 20.9 Å². The highest BCUT2D eigenvalue weighted by Gasteiger charge is 2.21. The predicted molar refractivity (Wildman–Crippen MR) is 138 cm³/mol. The molecule has 0 unspecified atom stereocenters. The van der Waals surface area contributed by atoms with Crippen LogP contribution in [0.4, 0.5) is 0 Å². The number of ketones is 1. The molecule has 6 nitrogen and oxygen atoms in total. The molecule has 2 aliphatic heterocycles. The number of rotatable bonds is 0. The first-order valence-corrected chi connectivity index (χ1v) is 11.7. The third-order valence-electron chi connectivity index (χ3n) is 4.97. The van der Waals surface area contributed by atoms with Crippen molar-refractivity contribution in [1.82, 2.24) is 14.8 Å². The van der Waals surface area contributed by atoms with Crippen molar-refractivity contribution in [3.05, 3.63) is 71.6 Å². The van der Waals surface area contributed by atoms with Crippen molar-refractivity contribution in [2.24, 2.45) is 0 Å². The molecule has 0 saturated carbocycles. The molecular weight excluding hydrogens is 597 g/mol. The number of hydrogen-bond acceptors (Lipinski definition) is 5. The van der Waals surface area contributed by atoms with Crippen molar-refractivity contribution >= 4 is 60.8 Å². The maximum Gasteiger partial charge on any atom is 0.163 e. The van der Waals surface area contributed by atoms with Crippen LogP contribution in [-0.2, 0) is 40.5 Å². The van der Waals surface area contributed by atoms with E-state index in [9.17, 15) is 4.79 Å². The molecule has 3 aromatic rings. The van der Waals surface area contributed by atoms with E-state index in [0.29, 0.717) is 36.3 Å². The third-order valence-corrected chi connectivity index (χ3v) is 7.87. The second-order valence-corrected chi connectivity index (χ2v) is 9.46. The van der Waals surface area contributed by atoms with Gasteiger partial charge in [-0.05, 0) is 68.1 Å². The van der Waals surface area contributed by atoms with E-state index < -0.39 is 0 Å². The summed E-state index contributed by atoms with van der Waals surface area (Å²) in [7, 11) is 0. The minimum Gasteiger partial charge on any atom is -0.369 e. The van der Waals surface area contributed by atoms with Gasteiger partial charge in [0.15, 0.2) is 11.6 Å². The Balaban J connectivity index is 0.000000224. The summed E-state index contributed by atoms with van der Waals surface area (Å²) in [6, 6.07) is 7.51. The SMILES string of the molecule is C.C.Cc1nnc2n1-c1ccc(Cl)c(Br)c1COC2.O=C1COCc2c(ccc(Cl)c2Br)C1. The average Bonchev–Trinajstić information content (AvgIpc) is 2.91. The van der Waals surface area contributed by atoms with E-state index >= 15 is 0 Å². The maximum atomic E-state index is 11.3. The molecule has 2 aromatic carbocycles. The molecule has 0 spiro atoms. The number of aromatic nitrogens is 3. The van der Waals surface area contributed by atoms with Gasteiger partial charge in [-0.2, -0.15) is 0 Å². The quantitative estimate of drug-likeness (QED) is 0.269. The Labute approximate surface area is 220 Å². The minimum absolute atomic E-state index is 0. The summed E-state index contributed by atoms with van der Waals surface area (Å²) >= 11 is 18.9. The van der Waals surface area contributed by atoms with E-state index in [1.807, 2.05) is 29.7 Å². The van der Waals surface area contributed by atoms with Crippen molar-refractivity contribution in [2.45, 2.75) is 48.0 Å². The van der Waals surface area contributed by atoms with Gasteiger partial charge in [-0.25, -0.2) is 0 Å². The van der Waals surface area contributed by atoms with Crippen LogP contribution in [-0.4, -0.2) is 27.2 Å². The van der Waals surface area contributed by atoms with Gasteiger partial charge in [0.1, 0.15) is 19.0 Å². The highest BCUT2D eigenvalue weighted by atomic mass is 79.9. The van der Waals surface area contributed by atoms with E-state index in [-0.39, 0.29) is 27.2 Å². The van der Waals surface area contributed by atoms with Crippen molar-refractivity contribution < 1.29 is 14.3 Å². The summed E-state index contributed by atoms with van der Waals surface area (Å²) in [6.07, 6.45) is 0.436. The highest BCUT2D eigenvalue weighted by molar-refractivity contribution is 9.11. The Morgan fingerprint density at radius 2 is 1.48 bits per heavy atom. The Bertz CT molecular complexity index is 1170. The number of fused-ring (bicyclic) bond motifs is 4. The van der Waals surface area contributed by atoms with Crippen molar-refractivity contribution in [3.8, 4) is 5.69 Å². The summed E-state index contributed by atoms with van der Waals surface area (Å²) < 4.78 is 14.5. The Kier molecular flexibility index (Phi) is 10.1. The Morgan fingerprint density at radius 1 is 0.879 bits per heavy atom. The maximum absolute atomic E-state index is 11.3. The van der Waals surface area contributed by atoms with Gasteiger partial charge < -0.3 is 9.47 Å². The zero-order valence-electron chi connectivity index (χ0n) is 16.4. The van der Waals surface area contributed by atoms with Crippen LogP contribution in [0.3, 0.4) is 0 Å². The van der Waals surface area contributed by atoms with E-state index in [4.69, 9.17) is 32.7 Å². The molecule has 0 fully saturated rings. The highest BCUT2D eigenvalue weighted by Crippen LogP contribution is 2.34. The van der Waals surface area contributed by atoms with Gasteiger partial charge in [0.25, 0.3) is 0 Å². The summed E-state index contributed by atoms with van der Waals surface area (Å²) in [5.74, 6) is 1.77. The molecule has 0 amide bonds. The fraction of sp³-hybridized carbons (Fsp3) is 0.348. The van der Waals surface area contributed by atoms with E-state index in [0.717, 1.165) is 43.0 Å². The molecule has 3 heterocycles. The summed E-state index contributed by atoms with van der Waals surface area (Å²) in [5, 5.41) is 9.52. The molecule has 0 atom stereocenters. The minimum atomic E-state index is 0. The summed E-state index contributed by atoms with van der Waals surface area (Å²) in [5.41, 5.74) is 4.04. The molecule has 33 heavy (non-hydrogen) atoms. The number of nitrogens with zero attached hydrogens (tertiary/aromatic N) is 3. The molecule has 5 rings (SSSR count). The van der Waals surface area contributed by atoms with Gasteiger partial charge in [-0.1, -0.05) is 44.1 Å². The van der Waals surface area contributed by atoms with Crippen LogP contribution in [0.1, 0.15) is 43.2 Å². The van der Waals surface area contributed by atoms with Crippen LogP contribution < -0.4 is 0 Å². The number of aryl methyl sites for hydroxylation is 1. The fourth-order valence-corrected chi connectivity index (χ4v) is 4.78. The number of carbonyl (C=O) groups is 1. The zero-order valence-corrected chi connectivity index (χ0v) is 21.1. The molecule has 0 N–H and O–H groups in total. The molecule has 178 valence electrons. The summed E-state index contributed by atoms with van der Waals surface area (Å²) in [6.45, 7) is 3.54. The molecule has 0 saturated heterocycles. The lowest BCUT2D eigenvalue weighted by atomic mass is 10.0. The molecule has 2 aliphatic rings. The second-order valence-electron chi connectivity index (χ2n) is 7.06. The fourth-order valence-electron chi connectivity index (χ4n) is 3.47. The van der Waals surface area contributed by atoms with Crippen LogP contribution in [0, 0.1) is 6.92 Å². The monoisotopic (exact) mass is 619 g/mol. The van der Waals surface area contributed by atoms with Crippen molar-refractivity contribution in [1.29, 1.82) is 0 Å². The molecule has 10 heteroatoms. The van der Waals surface area contributed by atoms with E-state index in [1.54, 1.807) is 6.07 Å². The topological polar surface area (TPSA) is 66.2 Å². The molecule has 1 aromatic heterocycles. The van der Waals surface area contributed by atoms with Crippen molar-refractivity contribution in [2.75, 3.05) is 6.61 Å². The summed E-state index contributed by atoms with van der Waals surface area (Å²) in [4.78, 5) is 11.3. The second kappa shape index (κ2) is 11.9. The smallest absolute Gasteiger partial charge is 0.163 e. The zero-order chi connectivity index (χ0) is 22.1. The Hall–Kier alpha value is -1.29. The molecule has 0 radical (unpaired) electrons. The van der Waals surface area contributed by atoms with Crippen LogP contribution in [0.2, 0.25) is 10.0 Å².